The van der Waals surface area contributed by atoms with Crippen molar-refractivity contribution in [3.63, 3.8) is 0 Å². The number of hydrogen-bond donors (Lipinski definition) is 0. The van der Waals surface area contributed by atoms with Gasteiger partial charge in [-0.3, -0.25) is 14.5 Å². The molecule has 0 spiro atoms. The SMILES string of the molecule is CCCN1C(=O)S/C(=C/c2ccc3c(c2)OCO3)C1=O. The Labute approximate surface area is 120 Å². The van der Waals surface area contributed by atoms with Gasteiger partial charge in [0.05, 0.1) is 4.91 Å². The monoisotopic (exact) mass is 291 g/mol. The van der Waals surface area contributed by atoms with Crippen molar-refractivity contribution in [2.45, 2.75) is 13.3 Å². The quantitative estimate of drug-likeness (QED) is 0.801. The molecule has 0 bridgehead atoms. The molecule has 104 valence electrons. The van der Waals surface area contributed by atoms with Crippen LogP contribution in [0.2, 0.25) is 0 Å². The molecule has 2 aliphatic rings. The van der Waals surface area contributed by atoms with E-state index in [2.05, 4.69) is 0 Å². The molecule has 0 aliphatic carbocycles. The topological polar surface area (TPSA) is 55.8 Å². The number of hydrogen-bond acceptors (Lipinski definition) is 5. The third-order valence-electron chi connectivity index (χ3n) is 3.02. The van der Waals surface area contributed by atoms with E-state index >= 15 is 0 Å². The van der Waals surface area contributed by atoms with E-state index in [9.17, 15) is 9.59 Å². The van der Waals surface area contributed by atoms with Crippen LogP contribution in [0, 0.1) is 0 Å². The van der Waals surface area contributed by atoms with Crippen LogP contribution in [0.3, 0.4) is 0 Å². The summed E-state index contributed by atoms with van der Waals surface area (Å²) in [6.07, 6.45) is 2.47. The lowest BCUT2D eigenvalue weighted by Gasteiger charge is -2.09. The van der Waals surface area contributed by atoms with Gasteiger partial charge in [0.2, 0.25) is 6.79 Å². The fourth-order valence-corrected chi connectivity index (χ4v) is 2.94. The number of imide groups is 1. The van der Waals surface area contributed by atoms with E-state index in [-0.39, 0.29) is 17.9 Å². The Morgan fingerprint density at radius 2 is 2.10 bits per heavy atom. The van der Waals surface area contributed by atoms with Crippen molar-refractivity contribution >= 4 is 29.0 Å². The van der Waals surface area contributed by atoms with Gasteiger partial charge in [0, 0.05) is 6.54 Å². The molecule has 20 heavy (non-hydrogen) atoms. The van der Waals surface area contributed by atoms with Crippen LogP contribution in [0.4, 0.5) is 4.79 Å². The summed E-state index contributed by atoms with van der Waals surface area (Å²) in [5, 5.41) is -0.205. The van der Waals surface area contributed by atoms with Crippen LogP contribution in [0.5, 0.6) is 11.5 Å². The van der Waals surface area contributed by atoms with Crippen molar-refractivity contribution in [3.05, 3.63) is 28.7 Å². The second kappa shape index (κ2) is 5.20. The average molecular weight is 291 g/mol. The molecule has 2 heterocycles. The minimum Gasteiger partial charge on any atom is -0.454 e. The van der Waals surface area contributed by atoms with E-state index < -0.39 is 0 Å². The summed E-state index contributed by atoms with van der Waals surface area (Å²) < 4.78 is 10.5. The van der Waals surface area contributed by atoms with Gasteiger partial charge >= 0.3 is 0 Å². The van der Waals surface area contributed by atoms with Gasteiger partial charge in [0.25, 0.3) is 11.1 Å². The molecule has 6 heteroatoms. The van der Waals surface area contributed by atoms with Crippen LogP contribution in [0.25, 0.3) is 6.08 Å². The fraction of sp³-hybridized carbons (Fsp3) is 0.286. The maximum absolute atomic E-state index is 12.1. The van der Waals surface area contributed by atoms with Crippen molar-refractivity contribution in [2.24, 2.45) is 0 Å². The molecule has 0 N–H and O–H groups in total. The molecule has 0 aromatic heterocycles. The summed E-state index contributed by atoms with van der Waals surface area (Å²) in [6.45, 7) is 2.61. The molecule has 1 aromatic rings. The lowest BCUT2D eigenvalue weighted by atomic mass is 10.2. The molecule has 0 atom stereocenters. The number of thioether (sulfide) groups is 1. The molecular weight excluding hydrogens is 278 g/mol. The minimum atomic E-state index is -0.223. The summed E-state index contributed by atoms with van der Waals surface area (Å²) in [6, 6.07) is 5.43. The number of benzene rings is 1. The first-order valence-electron chi connectivity index (χ1n) is 6.34. The zero-order chi connectivity index (χ0) is 14.1. The van der Waals surface area contributed by atoms with Crippen molar-refractivity contribution in [1.82, 2.24) is 4.90 Å². The van der Waals surface area contributed by atoms with Crippen LogP contribution in [0.15, 0.2) is 23.1 Å². The fourth-order valence-electron chi connectivity index (χ4n) is 2.07. The molecule has 0 radical (unpaired) electrons. The maximum atomic E-state index is 12.1. The summed E-state index contributed by atoms with van der Waals surface area (Å²) in [4.78, 5) is 25.6. The van der Waals surface area contributed by atoms with Gasteiger partial charge in [-0.15, -0.1) is 0 Å². The number of ether oxygens (including phenoxy) is 2. The standard InChI is InChI=1S/C14H13NO4S/c1-2-5-15-13(16)12(20-14(15)17)7-9-3-4-10-11(6-9)19-8-18-10/h3-4,6-7H,2,5,8H2,1H3/b12-7+. The third kappa shape index (κ3) is 2.27. The van der Waals surface area contributed by atoms with Gasteiger partial charge in [0.1, 0.15) is 0 Å². The van der Waals surface area contributed by atoms with Gasteiger partial charge in [-0.05, 0) is 42.0 Å². The second-order valence-corrected chi connectivity index (χ2v) is 5.44. The highest BCUT2D eigenvalue weighted by Crippen LogP contribution is 2.36. The molecule has 3 rings (SSSR count). The summed E-state index contributed by atoms with van der Waals surface area (Å²) in [5.41, 5.74) is 0.816. The van der Waals surface area contributed by atoms with E-state index in [0.717, 1.165) is 23.7 Å². The Balaban J connectivity index is 1.86. The number of rotatable bonds is 3. The van der Waals surface area contributed by atoms with Gasteiger partial charge in [0.15, 0.2) is 11.5 Å². The molecule has 2 amide bonds. The Morgan fingerprint density at radius 1 is 1.30 bits per heavy atom. The van der Waals surface area contributed by atoms with Gasteiger partial charge < -0.3 is 9.47 Å². The summed E-state index contributed by atoms with van der Waals surface area (Å²) in [7, 11) is 0. The number of amides is 2. The van der Waals surface area contributed by atoms with Crippen molar-refractivity contribution in [2.75, 3.05) is 13.3 Å². The molecule has 5 nitrogen and oxygen atoms in total. The molecular formula is C14H13NO4S. The Kier molecular flexibility index (Phi) is 3.40. The minimum absolute atomic E-state index is 0.205. The lowest BCUT2D eigenvalue weighted by molar-refractivity contribution is -0.122. The molecule has 1 aromatic carbocycles. The molecule has 0 saturated carbocycles. The van der Waals surface area contributed by atoms with E-state index in [4.69, 9.17) is 9.47 Å². The highest BCUT2D eigenvalue weighted by Gasteiger charge is 2.34. The smallest absolute Gasteiger partial charge is 0.293 e. The lowest BCUT2D eigenvalue weighted by Crippen LogP contribution is -2.28. The van der Waals surface area contributed by atoms with Crippen molar-refractivity contribution in [3.8, 4) is 11.5 Å². The number of carbonyl (C=O) groups is 2. The third-order valence-corrected chi connectivity index (χ3v) is 3.92. The van der Waals surface area contributed by atoms with Crippen LogP contribution in [-0.2, 0) is 4.79 Å². The van der Waals surface area contributed by atoms with Crippen molar-refractivity contribution in [1.29, 1.82) is 0 Å². The molecule has 2 aliphatic heterocycles. The van der Waals surface area contributed by atoms with Crippen LogP contribution in [0.1, 0.15) is 18.9 Å². The normalized spacial score (nSPS) is 19.2. The largest absolute Gasteiger partial charge is 0.454 e. The predicted molar refractivity (Wildman–Crippen MR) is 75.5 cm³/mol. The van der Waals surface area contributed by atoms with Gasteiger partial charge in [-0.1, -0.05) is 13.0 Å². The predicted octanol–water partition coefficient (Wildman–Crippen LogP) is 2.86. The average Bonchev–Trinajstić information content (AvgIpc) is 2.99. The molecule has 0 unspecified atom stereocenters. The van der Waals surface area contributed by atoms with E-state index in [1.807, 2.05) is 13.0 Å². The van der Waals surface area contributed by atoms with Gasteiger partial charge in [-0.2, -0.15) is 0 Å². The summed E-state index contributed by atoms with van der Waals surface area (Å²) in [5.74, 6) is 1.13. The highest BCUT2D eigenvalue weighted by atomic mass is 32.2. The first-order chi connectivity index (χ1) is 9.69. The zero-order valence-electron chi connectivity index (χ0n) is 10.9. The first-order valence-corrected chi connectivity index (χ1v) is 7.15. The van der Waals surface area contributed by atoms with Crippen LogP contribution >= 0.6 is 11.8 Å². The number of fused-ring (bicyclic) bond motifs is 1. The van der Waals surface area contributed by atoms with E-state index in [0.29, 0.717) is 22.9 Å². The Bertz CT molecular complexity index is 611. The Morgan fingerprint density at radius 3 is 2.90 bits per heavy atom. The summed E-state index contributed by atoms with van der Waals surface area (Å²) >= 11 is 0.976. The molecule has 1 saturated heterocycles. The van der Waals surface area contributed by atoms with Gasteiger partial charge in [-0.25, -0.2) is 0 Å². The van der Waals surface area contributed by atoms with Crippen LogP contribution in [-0.4, -0.2) is 29.4 Å². The van der Waals surface area contributed by atoms with Crippen molar-refractivity contribution < 1.29 is 19.1 Å². The number of carbonyl (C=O) groups excluding carboxylic acids is 2. The zero-order valence-corrected chi connectivity index (χ0v) is 11.7. The Hall–Kier alpha value is -1.95. The maximum Gasteiger partial charge on any atom is 0.293 e. The first kappa shape index (κ1) is 13.1. The van der Waals surface area contributed by atoms with E-state index in [1.165, 1.54) is 4.90 Å². The molecule has 1 fully saturated rings. The highest BCUT2D eigenvalue weighted by molar-refractivity contribution is 8.18. The second-order valence-electron chi connectivity index (χ2n) is 4.45. The van der Waals surface area contributed by atoms with Crippen LogP contribution < -0.4 is 9.47 Å². The van der Waals surface area contributed by atoms with E-state index in [1.54, 1.807) is 18.2 Å². The number of nitrogens with zero attached hydrogens (tertiary/aromatic N) is 1.